The minimum Gasteiger partial charge on any atom is -0.298 e. The molecule has 0 aliphatic heterocycles. The first-order chi connectivity index (χ1) is 14.2. The van der Waals surface area contributed by atoms with Crippen LogP contribution < -0.4 is 0 Å². The molecule has 1 aromatic heterocycles. The summed E-state index contributed by atoms with van der Waals surface area (Å²) in [6.45, 7) is 13.8. The molecule has 1 heterocycles. The summed E-state index contributed by atoms with van der Waals surface area (Å²) < 4.78 is 1.23. The Morgan fingerprint density at radius 3 is 2.63 bits per heavy atom. The monoisotopic (exact) mass is 415 g/mol. The van der Waals surface area contributed by atoms with Crippen LogP contribution in [0.1, 0.15) is 49.9 Å². The molecule has 0 aliphatic carbocycles. The van der Waals surface area contributed by atoms with Gasteiger partial charge in [0.1, 0.15) is 5.78 Å². The highest BCUT2D eigenvalue weighted by atomic mass is 32.1. The number of aryl methyl sites for hydroxylation is 1. The summed E-state index contributed by atoms with van der Waals surface area (Å²) in [6.07, 6.45) is 4.32. The quantitative estimate of drug-likeness (QED) is 0.372. The highest BCUT2D eigenvalue weighted by Gasteiger charge is 2.31. The van der Waals surface area contributed by atoms with Gasteiger partial charge in [-0.1, -0.05) is 43.0 Å². The first kappa shape index (κ1) is 21.9. The van der Waals surface area contributed by atoms with Crippen molar-refractivity contribution in [3.63, 3.8) is 0 Å². The normalized spacial score (nSPS) is 12.6. The van der Waals surface area contributed by atoms with Crippen molar-refractivity contribution in [2.45, 2.75) is 46.5 Å². The summed E-state index contributed by atoms with van der Waals surface area (Å²) in [7, 11) is 0. The van der Waals surface area contributed by atoms with Crippen molar-refractivity contribution >= 4 is 39.0 Å². The molecule has 0 bridgehead atoms. The molecule has 0 aliphatic rings. The summed E-state index contributed by atoms with van der Waals surface area (Å²) in [5.41, 5.74) is 5.63. The maximum atomic E-state index is 13.4. The van der Waals surface area contributed by atoms with Crippen LogP contribution in [0.4, 0.5) is 0 Å². The Morgan fingerprint density at radius 2 is 1.97 bits per heavy atom. The summed E-state index contributed by atoms with van der Waals surface area (Å²) in [4.78, 5) is 17.7. The molecule has 2 aromatic carbocycles. The number of aliphatic imine (C=N–C) groups is 1. The highest BCUT2D eigenvalue weighted by molar-refractivity contribution is 7.17. The fourth-order valence-corrected chi connectivity index (χ4v) is 4.63. The minimum atomic E-state index is -0.567. The molecule has 0 spiro atoms. The second-order valence-electron chi connectivity index (χ2n) is 8.24. The van der Waals surface area contributed by atoms with Crippen LogP contribution in [0, 0.1) is 6.92 Å². The lowest BCUT2D eigenvalue weighted by Crippen LogP contribution is -2.31. The predicted molar refractivity (Wildman–Crippen MR) is 132 cm³/mol. The van der Waals surface area contributed by atoms with Gasteiger partial charge < -0.3 is 0 Å². The first-order valence-corrected chi connectivity index (χ1v) is 11.1. The van der Waals surface area contributed by atoms with Gasteiger partial charge in [0.05, 0.1) is 0 Å². The number of Topliss-reactive ketones (excluding diaryl/α,β-unsaturated/α-hetero) is 1. The van der Waals surface area contributed by atoms with Crippen LogP contribution >= 0.6 is 11.3 Å². The van der Waals surface area contributed by atoms with Crippen LogP contribution in [0.5, 0.6) is 0 Å². The van der Waals surface area contributed by atoms with Crippen LogP contribution in [0.2, 0.25) is 0 Å². The van der Waals surface area contributed by atoms with E-state index in [4.69, 9.17) is 0 Å². The second-order valence-corrected chi connectivity index (χ2v) is 9.19. The van der Waals surface area contributed by atoms with E-state index in [2.05, 4.69) is 60.3 Å². The van der Waals surface area contributed by atoms with E-state index in [1.165, 1.54) is 10.1 Å². The van der Waals surface area contributed by atoms with E-state index < -0.39 is 5.41 Å². The van der Waals surface area contributed by atoms with Gasteiger partial charge in [-0.3, -0.25) is 9.79 Å². The smallest absolute Gasteiger partial charge is 0.147 e. The lowest BCUT2D eigenvalue weighted by atomic mass is 9.76. The van der Waals surface area contributed by atoms with Gasteiger partial charge in [0, 0.05) is 28.4 Å². The third kappa shape index (κ3) is 4.52. The van der Waals surface area contributed by atoms with E-state index in [1.807, 2.05) is 46.1 Å². The Bertz CT molecular complexity index is 1160. The zero-order valence-electron chi connectivity index (χ0n) is 18.5. The van der Waals surface area contributed by atoms with Crippen LogP contribution in [0.25, 0.3) is 15.7 Å². The molecule has 3 rings (SSSR count). The van der Waals surface area contributed by atoms with Gasteiger partial charge in [-0.05, 0) is 85.3 Å². The van der Waals surface area contributed by atoms with Gasteiger partial charge in [0.2, 0.25) is 0 Å². The molecule has 3 heteroatoms. The van der Waals surface area contributed by atoms with Crippen molar-refractivity contribution in [2.24, 2.45) is 4.99 Å². The molecule has 0 unspecified atom stereocenters. The number of fused-ring (bicyclic) bond motifs is 1. The van der Waals surface area contributed by atoms with Gasteiger partial charge >= 0.3 is 0 Å². The second kappa shape index (κ2) is 8.93. The number of rotatable bonds is 7. The van der Waals surface area contributed by atoms with E-state index >= 15 is 0 Å². The van der Waals surface area contributed by atoms with Crippen molar-refractivity contribution in [1.82, 2.24) is 0 Å². The maximum absolute atomic E-state index is 13.4. The van der Waals surface area contributed by atoms with Gasteiger partial charge in [-0.2, -0.15) is 0 Å². The van der Waals surface area contributed by atoms with Crippen molar-refractivity contribution in [2.75, 3.05) is 0 Å². The van der Waals surface area contributed by atoms with E-state index in [-0.39, 0.29) is 5.78 Å². The number of ketones is 1. The zero-order valence-corrected chi connectivity index (χ0v) is 19.3. The summed E-state index contributed by atoms with van der Waals surface area (Å²) in [6, 6.07) is 14.6. The summed E-state index contributed by atoms with van der Waals surface area (Å²) >= 11 is 1.71. The third-order valence-electron chi connectivity index (χ3n) is 5.60. The Morgan fingerprint density at radius 1 is 1.20 bits per heavy atom. The maximum Gasteiger partial charge on any atom is 0.147 e. The van der Waals surface area contributed by atoms with Crippen LogP contribution in [-0.2, 0) is 16.6 Å². The van der Waals surface area contributed by atoms with Crippen LogP contribution in [0.3, 0.4) is 0 Å². The number of carbonyl (C=O) groups excluding carboxylic acids is 1. The summed E-state index contributed by atoms with van der Waals surface area (Å²) in [5, 5.41) is 3.27. The molecule has 0 amide bonds. The Hall–Kier alpha value is -2.78. The number of hydrogen-bond donors (Lipinski definition) is 0. The van der Waals surface area contributed by atoms with E-state index in [0.717, 1.165) is 33.5 Å². The molecule has 154 valence electrons. The van der Waals surface area contributed by atoms with Crippen molar-refractivity contribution in [3.05, 3.63) is 88.5 Å². The van der Waals surface area contributed by atoms with E-state index in [1.54, 1.807) is 11.3 Å². The standard InChI is InChI=1S/C27H29NOS/c1-7-20(17-28-18(2)3)21-11-12-24(19(4)15-21)27(5,6)26(29)16-22-9-8-10-25-23(22)13-14-30-25/h7-15,17H,2,16H2,1,3-6H3/b20-7+,28-17?. The molecule has 0 radical (unpaired) electrons. The number of thiophene rings is 1. The van der Waals surface area contributed by atoms with Crippen molar-refractivity contribution in [1.29, 1.82) is 0 Å². The molecule has 2 nitrogen and oxygen atoms in total. The average Bonchev–Trinajstić information content (AvgIpc) is 3.18. The summed E-state index contributed by atoms with van der Waals surface area (Å²) in [5.74, 6) is 0.229. The van der Waals surface area contributed by atoms with Gasteiger partial charge in [0.25, 0.3) is 0 Å². The number of benzene rings is 2. The fourth-order valence-electron chi connectivity index (χ4n) is 3.80. The number of nitrogens with zero attached hydrogens (tertiary/aromatic N) is 1. The third-order valence-corrected chi connectivity index (χ3v) is 6.48. The zero-order chi connectivity index (χ0) is 21.9. The van der Waals surface area contributed by atoms with Crippen LogP contribution in [0.15, 0.2) is 71.2 Å². The average molecular weight is 416 g/mol. The lowest BCUT2D eigenvalue weighted by Gasteiger charge is -2.26. The lowest BCUT2D eigenvalue weighted by molar-refractivity contribution is -0.122. The minimum absolute atomic E-state index is 0.229. The number of allylic oxidation sites excluding steroid dienone is 3. The molecular formula is C27H29NOS. The van der Waals surface area contributed by atoms with Crippen molar-refractivity contribution < 1.29 is 4.79 Å². The molecule has 0 saturated heterocycles. The molecule has 0 N–H and O–H groups in total. The van der Waals surface area contributed by atoms with E-state index in [0.29, 0.717) is 6.42 Å². The van der Waals surface area contributed by atoms with E-state index in [9.17, 15) is 4.79 Å². The molecule has 3 aromatic rings. The van der Waals surface area contributed by atoms with Gasteiger partial charge in [-0.25, -0.2) is 0 Å². The van der Waals surface area contributed by atoms with Crippen molar-refractivity contribution in [3.8, 4) is 0 Å². The molecule has 30 heavy (non-hydrogen) atoms. The first-order valence-electron chi connectivity index (χ1n) is 10.2. The molecule has 0 fully saturated rings. The topological polar surface area (TPSA) is 29.4 Å². The Kier molecular flexibility index (Phi) is 6.52. The van der Waals surface area contributed by atoms with Gasteiger partial charge in [-0.15, -0.1) is 11.3 Å². The molecule has 0 saturated carbocycles. The highest BCUT2D eigenvalue weighted by Crippen LogP contribution is 2.32. The SMILES string of the molecule is C=C(C)N=C/C(=C\C)c1ccc(C(C)(C)C(=O)Cc2cccc3sccc23)c(C)c1. The number of carbonyl (C=O) groups is 1. The predicted octanol–water partition coefficient (Wildman–Crippen LogP) is 7.31. The fraction of sp³-hybridized carbons (Fsp3) is 0.259. The number of hydrogen-bond acceptors (Lipinski definition) is 3. The Balaban J connectivity index is 1.89. The van der Waals surface area contributed by atoms with Crippen LogP contribution in [-0.4, -0.2) is 12.0 Å². The molecule has 0 atom stereocenters. The Labute approximate surface area is 183 Å². The largest absolute Gasteiger partial charge is 0.298 e. The molecular weight excluding hydrogens is 386 g/mol. The van der Waals surface area contributed by atoms with Gasteiger partial charge in [0.15, 0.2) is 0 Å².